The third-order valence-electron chi connectivity index (χ3n) is 4.63. The van der Waals surface area contributed by atoms with Crippen LogP contribution in [0.25, 0.3) is 0 Å². The van der Waals surface area contributed by atoms with Crippen molar-refractivity contribution >= 4 is 11.8 Å². The Morgan fingerprint density at radius 2 is 2.00 bits per heavy atom. The number of nitrogens with one attached hydrogen (secondary N) is 1. The van der Waals surface area contributed by atoms with Crippen molar-refractivity contribution in [2.75, 3.05) is 12.8 Å². The molecule has 3 heteroatoms. The normalized spacial score (nSPS) is 16.6. The minimum atomic E-state index is -0.0488. The number of rotatable bonds is 7. The van der Waals surface area contributed by atoms with E-state index in [1.165, 1.54) is 24.0 Å². The van der Waals surface area contributed by atoms with E-state index in [4.69, 9.17) is 4.74 Å². The smallest absolute Gasteiger partial charge is 0.123 e. The van der Waals surface area contributed by atoms with Crippen molar-refractivity contribution in [2.24, 2.45) is 0 Å². The second-order valence-electron chi connectivity index (χ2n) is 6.68. The van der Waals surface area contributed by atoms with E-state index < -0.39 is 0 Å². The highest BCUT2D eigenvalue weighted by molar-refractivity contribution is 8.00. The highest BCUT2D eigenvalue weighted by atomic mass is 32.2. The molecule has 0 unspecified atom stereocenters. The van der Waals surface area contributed by atoms with Gasteiger partial charge in [-0.05, 0) is 50.1 Å². The second-order valence-corrected chi connectivity index (χ2v) is 7.95. The molecular weight excluding hydrogens is 278 g/mol. The zero-order chi connectivity index (χ0) is 15.5. The van der Waals surface area contributed by atoms with Gasteiger partial charge < -0.3 is 10.1 Å². The van der Waals surface area contributed by atoms with Crippen molar-refractivity contribution in [2.45, 2.75) is 63.9 Å². The number of thioether (sulfide) groups is 1. The molecule has 0 amide bonds. The van der Waals surface area contributed by atoms with Crippen molar-refractivity contribution in [3.63, 3.8) is 0 Å². The summed E-state index contributed by atoms with van der Waals surface area (Å²) in [5, 5.41) is 3.65. The maximum atomic E-state index is 5.94. The van der Waals surface area contributed by atoms with Gasteiger partial charge >= 0.3 is 0 Å². The molecule has 0 bridgehead atoms. The van der Waals surface area contributed by atoms with Gasteiger partial charge in [0.1, 0.15) is 11.4 Å². The van der Waals surface area contributed by atoms with Crippen molar-refractivity contribution in [3.05, 3.63) is 29.3 Å². The summed E-state index contributed by atoms with van der Waals surface area (Å²) < 4.78 is 6.31. The quantitative estimate of drug-likeness (QED) is 0.806. The van der Waals surface area contributed by atoms with Crippen LogP contribution in [0.4, 0.5) is 0 Å². The Balaban J connectivity index is 1.94. The van der Waals surface area contributed by atoms with E-state index in [2.05, 4.69) is 57.5 Å². The SMILES string of the molecule is CCC(CC)(CNCc1ccc2c(c1)CC(C)(C)O2)SC. The summed E-state index contributed by atoms with van der Waals surface area (Å²) in [7, 11) is 0. The van der Waals surface area contributed by atoms with Crippen molar-refractivity contribution in [3.8, 4) is 5.75 Å². The number of hydrogen-bond donors (Lipinski definition) is 1. The van der Waals surface area contributed by atoms with Gasteiger partial charge in [0.05, 0.1) is 0 Å². The van der Waals surface area contributed by atoms with Crippen molar-refractivity contribution < 1.29 is 4.74 Å². The lowest BCUT2D eigenvalue weighted by atomic mass is 10.00. The molecule has 1 heterocycles. The van der Waals surface area contributed by atoms with Gasteiger partial charge in [-0.25, -0.2) is 0 Å². The van der Waals surface area contributed by atoms with Gasteiger partial charge in [-0.1, -0.05) is 26.0 Å². The van der Waals surface area contributed by atoms with Crippen LogP contribution in [0.3, 0.4) is 0 Å². The van der Waals surface area contributed by atoms with Crippen LogP contribution in [0.5, 0.6) is 5.75 Å². The maximum Gasteiger partial charge on any atom is 0.123 e. The summed E-state index contributed by atoms with van der Waals surface area (Å²) in [5.74, 6) is 1.06. The number of benzene rings is 1. The first-order valence-electron chi connectivity index (χ1n) is 8.00. The van der Waals surface area contributed by atoms with Crippen molar-refractivity contribution in [1.82, 2.24) is 5.32 Å². The summed E-state index contributed by atoms with van der Waals surface area (Å²) in [4.78, 5) is 0. The first-order chi connectivity index (χ1) is 9.93. The molecule has 2 rings (SSSR count). The van der Waals surface area contributed by atoms with Crippen LogP contribution >= 0.6 is 11.8 Å². The molecule has 1 N–H and O–H groups in total. The van der Waals surface area contributed by atoms with Crippen LogP contribution in [0.2, 0.25) is 0 Å². The summed E-state index contributed by atoms with van der Waals surface area (Å²) in [6.07, 6.45) is 5.66. The first kappa shape index (κ1) is 16.7. The Labute approximate surface area is 134 Å². The predicted octanol–water partition coefficient (Wildman–Crippen LogP) is 4.41. The molecule has 0 aromatic heterocycles. The molecule has 0 spiro atoms. The summed E-state index contributed by atoms with van der Waals surface area (Å²) >= 11 is 1.99. The summed E-state index contributed by atoms with van der Waals surface area (Å²) in [6.45, 7) is 10.9. The van der Waals surface area contributed by atoms with E-state index in [0.717, 1.165) is 25.3 Å². The topological polar surface area (TPSA) is 21.3 Å². The van der Waals surface area contributed by atoms with E-state index in [1.54, 1.807) is 0 Å². The third kappa shape index (κ3) is 3.95. The molecule has 0 radical (unpaired) electrons. The maximum absolute atomic E-state index is 5.94. The van der Waals surface area contributed by atoms with Gasteiger partial charge in [0, 0.05) is 24.3 Å². The lowest BCUT2D eigenvalue weighted by Gasteiger charge is -2.30. The Morgan fingerprint density at radius 3 is 2.62 bits per heavy atom. The van der Waals surface area contributed by atoms with Crippen LogP contribution < -0.4 is 10.1 Å². The molecular formula is C18H29NOS. The van der Waals surface area contributed by atoms with Gasteiger partial charge in [-0.2, -0.15) is 11.8 Å². The Morgan fingerprint density at radius 1 is 1.29 bits per heavy atom. The fourth-order valence-corrected chi connectivity index (χ4v) is 3.89. The van der Waals surface area contributed by atoms with E-state index in [0.29, 0.717) is 4.75 Å². The second kappa shape index (κ2) is 6.62. The van der Waals surface area contributed by atoms with Gasteiger partial charge in [-0.15, -0.1) is 0 Å². The lowest BCUT2D eigenvalue weighted by molar-refractivity contribution is 0.138. The van der Waals surface area contributed by atoms with Crippen molar-refractivity contribution in [1.29, 1.82) is 0 Å². The van der Waals surface area contributed by atoms with Gasteiger partial charge in [-0.3, -0.25) is 0 Å². The summed E-state index contributed by atoms with van der Waals surface area (Å²) in [5.41, 5.74) is 2.66. The number of ether oxygens (including phenoxy) is 1. The van der Waals surface area contributed by atoms with E-state index >= 15 is 0 Å². The Kier molecular flexibility index (Phi) is 5.26. The molecule has 118 valence electrons. The molecule has 1 aliphatic rings. The standard InChI is InChI=1S/C18H29NOS/c1-6-18(7-2,21-5)13-19-12-14-8-9-16-15(10-14)11-17(3,4)20-16/h8-10,19H,6-7,11-13H2,1-5H3. The van der Waals surface area contributed by atoms with E-state index in [9.17, 15) is 0 Å². The molecule has 1 aliphatic heterocycles. The van der Waals surface area contributed by atoms with Crippen LogP contribution in [0, 0.1) is 0 Å². The predicted molar refractivity (Wildman–Crippen MR) is 93.4 cm³/mol. The molecule has 0 fully saturated rings. The Bertz CT molecular complexity index is 472. The Hall–Kier alpha value is -0.670. The molecule has 1 aromatic carbocycles. The first-order valence-corrected chi connectivity index (χ1v) is 9.23. The van der Waals surface area contributed by atoms with E-state index in [-0.39, 0.29) is 5.60 Å². The number of fused-ring (bicyclic) bond motifs is 1. The fraction of sp³-hybridized carbons (Fsp3) is 0.667. The van der Waals surface area contributed by atoms with Gasteiger partial charge in [0.15, 0.2) is 0 Å². The molecule has 2 nitrogen and oxygen atoms in total. The van der Waals surface area contributed by atoms with Gasteiger partial charge in [0.25, 0.3) is 0 Å². The monoisotopic (exact) mass is 307 g/mol. The van der Waals surface area contributed by atoms with Crippen LogP contribution in [0.15, 0.2) is 18.2 Å². The van der Waals surface area contributed by atoms with Gasteiger partial charge in [0.2, 0.25) is 0 Å². The molecule has 0 saturated carbocycles. The molecule has 1 aromatic rings. The third-order valence-corrected chi connectivity index (χ3v) is 6.21. The molecule has 0 atom stereocenters. The zero-order valence-corrected chi connectivity index (χ0v) is 14.9. The molecule has 21 heavy (non-hydrogen) atoms. The van der Waals surface area contributed by atoms with Crippen LogP contribution in [0.1, 0.15) is 51.7 Å². The highest BCUT2D eigenvalue weighted by Gasteiger charge is 2.30. The lowest BCUT2D eigenvalue weighted by Crippen LogP contribution is -2.36. The van der Waals surface area contributed by atoms with Crippen LogP contribution in [-0.4, -0.2) is 23.1 Å². The largest absolute Gasteiger partial charge is 0.487 e. The fourth-order valence-electron chi connectivity index (χ4n) is 3.07. The minimum absolute atomic E-state index is 0.0488. The van der Waals surface area contributed by atoms with Crippen LogP contribution in [-0.2, 0) is 13.0 Å². The average Bonchev–Trinajstić information content (AvgIpc) is 2.77. The summed E-state index contributed by atoms with van der Waals surface area (Å²) in [6, 6.07) is 6.62. The zero-order valence-electron chi connectivity index (χ0n) is 14.1. The minimum Gasteiger partial charge on any atom is -0.487 e. The number of hydrogen-bond acceptors (Lipinski definition) is 3. The highest BCUT2D eigenvalue weighted by Crippen LogP contribution is 2.35. The van der Waals surface area contributed by atoms with E-state index in [1.807, 2.05) is 11.8 Å². The molecule has 0 saturated heterocycles. The average molecular weight is 308 g/mol. The molecule has 0 aliphatic carbocycles.